The molecule has 7 heteroatoms. The summed E-state index contributed by atoms with van der Waals surface area (Å²) in [6.45, 7) is 2.05. The van der Waals surface area contributed by atoms with Gasteiger partial charge in [-0.25, -0.2) is 10.1 Å². The van der Waals surface area contributed by atoms with Gasteiger partial charge in [-0.15, -0.1) is 0 Å². The summed E-state index contributed by atoms with van der Waals surface area (Å²) in [5, 5.41) is 6.96. The average molecular weight is 388 g/mol. The molecule has 3 aromatic heterocycles. The predicted octanol–water partition coefficient (Wildman–Crippen LogP) is 4.28. The molecule has 2 aromatic carbocycles. The third-order valence-electron chi connectivity index (χ3n) is 4.77. The van der Waals surface area contributed by atoms with Crippen molar-refractivity contribution in [3.8, 4) is 28.3 Å². The summed E-state index contributed by atoms with van der Waals surface area (Å²) in [7, 11) is 1.63. The van der Waals surface area contributed by atoms with Crippen molar-refractivity contribution in [1.29, 1.82) is 0 Å². The Morgan fingerprint density at radius 1 is 1.04 bits per heavy atom. The van der Waals surface area contributed by atoms with Crippen LogP contribution in [0.2, 0.25) is 0 Å². The van der Waals surface area contributed by atoms with Crippen LogP contribution in [0, 0.1) is 6.92 Å². The summed E-state index contributed by atoms with van der Waals surface area (Å²) in [6.07, 6.45) is 1.81. The Hall–Kier alpha value is -3.45. The highest BCUT2D eigenvalue weighted by molar-refractivity contribution is 7.24. The first kappa shape index (κ1) is 16.7. The van der Waals surface area contributed by atoms with Crippen LogP contribution in [0.15, 0.2) is 59.5 Å². The lowest BCUT2D eigenvalue weighted by Crippen LogP contribution is -2.11. The number of benzene rings is 2. The van der Waals surface area contributed by atoms with Crippen LogP contribution >= 0.6 is 11.3 Å². The van der Waals surface area contributed by atoms with Crippen molar-refractivity contribution in [2.24, 2.45) is 0 Å². The number of ether oxygens (including phenoxy) is 1. The molecule has 138 valence electrons. The molecule has 0 aliphatic heterocycles. The summed E-state index contributed by atoms with van der Waals surface area (Å²) < 4.78 is 7.96. The van der Waals surface area contributed by atoms with Crippen LogP contribution in [0.4, 0.5) is 0 Å². The van der Waals surface area contributed by atoms with Crippen molar-refractivity contribution in [3.63, 3.8) is 0 Å². The Balaban J connectivity index is 1.78. The molecule has 0 fully saturated rings. The van der Waals surface area contributed by atoms with Crippen molar-refractivity contribution in [3.05, 3.63) is 70.6 Å². The number of thiazole rings is 1. The summed E-state index contributed by atoms with van der Waals surface area (Å²) in [4.78, 5) is 18.0. The molecule has 6 nitrogen and oxygen atoms in total. The molecule has 0 amide bonds. The second-order valence-electron chi connectivity index (χ2n) is 6.54. The van der Waals surface area contributed by atoms with Crippen LogP contribution in [0.5, 0.6) is 5.75 Å². The molecule has 0 bridgehead atoms. The molecule has 5 rings (SSSR count). The second kappa shape index (κ2) is 6.31. The molecule has 0 aliphatic rings. The van der Waals surface area contributed by atoms with Crippen LogP contribution in [-0.2, 0) is 0 Å². The van der Waals surface area contributed by atoms with Crippen molar-refractivity contribution in [2.75, 3.05) is 7.11 Å². The fraction of sp³-hybridized carbons (Fsp3) is 0.0952. The molecule has 3 heterocycles. The van der Waals surface area contributed by atoms with Gasteiger partial charge in [-0.1, -0.05) is 41.2 Å². The van der Waals surface area contributed by atoms with E-state index in [1.807, 2.05) is 53.9 Å². The molecule has 0 radical (unpaired) electrons. The maximum Gasteiger partial charge on any atom is 0.290 e. The first-order chi connectivity index (χ1) is 13.7. The van der Waals surface area contributed by atoms with Gasteiger partial charge in [-0.2, -0.15) is 5.10 Å². The molecule has 0 saturated carbocycles. The van der Waals surface area contributed by atoms with Crippen molar-refractivity contribution in [2.45, 2.75) is 6.92 Å². The van der Waals surface area contributed by atoms with Gasteiger partial charge in [-0.3, -0.25) is 9.20 Å². The molecule has 0 aliphatic carbocycles. The van der Waals surface area contributed by atoms with Gasteiger partial charge >= 0.3 is 0 Å². The maximum absolute atomic E-state index is 12.7. The molecular formula is C21H16N4O2S. The Morgan fingerprint density at radius 2 is 1.75 bits per heavy atom. The van der Waals surface area contributed by atoms with Gasteiger partial charge in [-0.05, 0) is 31.2 Å². The van der Waals surface area contributed by atoms with Gasteiger partial charge < -0.3 is 4.74 Å². The highest BCUT2D eigenvalue weighted by atomic mass is 32.1. The highest BCUT2D eigenvalue weighted by Gasteiger charge is 2.19. The Morgan fingerprint density at radius 3 is 2.46 bits per heavy atom. The molecule has 0 saturated heterocycles. The monoisotopic (exact) mass is 388 g/mol. The molecule has 1 N–H and O–H groups in total. The lowest BCUT2D eigenvalue weighted by atomic mass is 10.1. The van der Waals surface area contributed by atoms with Gasteiger partial charge in [0.1, 0.15) is 17.0 Å². The quantitative estimate of drug-likeness (QED) is 0.501. The summed E-state index contributed by atoms with van der Waals surface area (Å²) in [6, 6.07) is 15.8. The Bertz CT molecular complexity index is 1360. The molecule has 5 aromatic rings. The van der Waals surface area contributed by atoms with Gasteiger partial charge in [0.15, 0.2) is 4.96 Å². The minimum atomic E-state index is -0.232. The number of rotatable bonds is 3. The SMILES string of the molecule is COc1ccc(-c2n[nH]c(=O)c3c2sc2ncc(-c4ccc(C)cc4)n23)cc1. The fourth-order valence-corrected chi connectivity index (χ4v) is 4.42. The van der Waals surface area contributed by atoms with Crippen LogP contribution in [0.25, 0.3) is 37.7 Å². The van der Waals surface area contributed by atoms with E-state index in [2.05, 4.69) is 27.3 Å². The topological polar surface area (TPSA) is 72.3 Å². The zero-order chi connectivity index (χ0) is 19.3. The minimum Gasteiger partial charge on any atom is -0.497 e. The number of aromatic nitrogens is 4. The van der Waals surface area contributed by atoms with E-state index in [4.69, 9.17) is 4.74 Å². The van der Waals surface area contributed by atoms with Gasteiger partial charge in [0, 0.05) is 11.1 Å². The second-order valence-corrected chi connectivity index (χ2v) is 7.51. The van der Waals surface area contributed by atoms with Crippen molar-refractivity contribution in [1.82, 2.24) is 19.6 Å². The molecular weight excluding hydrogens is 372 g/mol. The van der Waals surface area contributed by atoms with E-state index < -0.39 is 0 Å². The number of nitrogens with one attached hydrogen (secondary N) is 1. The number of aromatic amines is 1. The number of imidazole rings is 1. The normalized spacial score (nSPS) is 11.4. The molecule has 0 atom stereocenters. The van der Waals surface area contributed by atoms with Crippen LogP contribution < -0.4 is 10.3 Å². The number of nitrogens with zero attached hydrogens (tertiary/aromatic N) is 3. The fourth-order valence-electron chi connectivity index (χ4n) is 3.31. The maximum atomic E-state index is 12.7. The smallest absolute Gasteiger partial charge is 0.290 e. The van der Waals surface area contributed by atoms with E-state index in [-0.39, 0.29) is 5.56 Å². The predicted molar refractivity (Wildman–Crippen MR) is 111 cm³/mol. The van der Waals surface area contributed by atoms with E-state index in [0.29, 0.717) is 5.52 Å². The first-order valence-corrected chi connectivity index (χ1v) is 9.57. The van der Waals surface area contributed by atoms with E-state index in [1.165, 1.54) is 16.9 Å². The summed E-state index contributed by atoms with van der Waals surface area (Å²) >= 11 is 1.46. The van der Waals surface area contributed by atoms with Crippen LogP contribution in [0.1, 0.15) is 5.56 Å². The Labute approximate surface area is 164 Å². The first-order valence-electron chi connectivity index (χ1n) is 8.76. The lowest BCUT2D eigenvalue weighted by Gasteiger charge is -2.05. The summed E-state index contributed by atoms with van der Waals surface area (Å²) in [5.74, 6) is 0.770. The van der Waals surface area contributed by atoms with Gasteiger partial charge in [0.25, 0.3) is 5.56 Å². The van der Waals surface area contributed by atoms with Gasteiger partial charge in [0.2, 0.25) is 0 Å². The Kier molecular flexibility index (Phi) is 3.77. The zero-order valence-electron chi connectivity index (χ0n) is 15.3. The van der Waals surface area contributed by atoms with Crippen molar-refractivity contribution < 1.29 is 4.74 Å². The molecule has 28 heavy (non-hydrogen) atoms. The number of H-pyrrole nitrogens is 1. The lowest BCUT2D eigenvalue weighted by molar-refractivity contribution is 0.415. The minimum absolute atomic E-state index is 0.232. The van der Waals surface area contributed by atoms with Crippen molar-refractivity contribution >= 4 is 26.5 Å². The van der Waals surface area contributed by atoms with Gasteiger partial charge in [0.05, 0.1) is 23.7 Å². The number of aryl methyl sites for hydroxylation is 1. The van der Waals surface area contributed by atoms with E-state index in [1.54, 1.807) is 7.11 Å². The third kappa shape index (κ3) is 2.51. The largest absolute Gasteiger partial charge is 0.497 e. The van der Waals surface area contributed by atoms with E-state index in [0.717, 1.165) is 37.9 Å². The zero-order valence-corrected chi connectivity index (χ0v) is 16.1. The molecule has 0 spiro atoms. The number of fused-ring (bicyclic) bond motifs is 3. The number of hydrogen-bond donors (Lipinski definition) is 1. The van der Waals surface area contributed by atoms with E-state index in [9.17, 15) is 4.79 Å². The average Bonchev–Trinajstić information content (AvgIpc) is 3.29. The number of hydrogen-bond acceptors (Lipinski definition) is 5. The van der Waals surface area contributed by atoms with Crippen LogP contribution in [-0.4, -0.2) is 26.7 Å². The van der Waals surface area contributed by atoms with Crippen LogP contribution in [0.3, 0.4) is 0 Å². The molecule has 0 unspecified atom stereocenters. The third-order valence-corrected chi connectivity index (χ3v) is 5.83. The van der Waals surface area contributed by atoms with E-state index >= 15 is 0 Å². The number of methoxy groups -OCH3 is 1. The standard InChI is InChI=1S/C21H16N4O2S/c1-12-3-5-13(6-4-12)16-11-22-21-25(16)18-19(28-21)17(23-24-20(18)26)14-7-9-15(27-2)10-8-14/h3-11H,1-2H3,(H,24,26). The summed E-state index contributed by atoms with van der Waals surface area (Å²) in [5.41, 5.74) is 5.05. The highest BCUT2D eigenvalue weighted by Crippen LogP contribution is 2.35.